The van der Waals surface area contributed by atoms with Crippen LogP contribution in [-0.4, -0.2) is 23.5 Å². The monoisotopic (exact) mass is 264 g/mol. The lowest BCUT2D eigenvalue weighted by Gasteiger charge is -2.22. The molecule has 0 unspecified atom stereocenters. The molecule has 0 aromatic heterocycles. The first kappa shape index (κ1) is 15.2. The van der Waals surface area contributed by atoms with Crippen LogP contribution in [0.25, 0.3) is 0 Å². The van der Waals surface area contributed by atoms with E-state index in [1.54, 1.807) is 6.92 Å². The van der Waals surface area contributed by atoms with Crippen molar-refractivity contribution in [3.8, 4) is 5.75 Å². The first-order chi connectivity index (χ1) is 8.68. The molecular formula is C15H20O4. The van der Waals surface area contributed by atoms with Crippen LogP contribution < -0.4 is 0 Å². The van der Waals surface area contributed by atoms with Gasteiger partial charge in [0.05, 0.1) is 12.2 Å². The van der Waals surface area contributed by atoms with Gasteiger partial charge in [0.1, 0.15) is 5.75 Å². The van der Waals surface area contributed by atoms with Crippen LogP contribution in [0.4, 0.5) is 0 Å². The number of esters is 1. The van der Waals surface area contributed by atoms with Crippen molar-refractivity contribution in [3.05, 3.63) is 28.8 Å². The number of carbonyl (C=O) groups is 2. The standard InChI is InChI=1S/C15H20O4/c1-6-19-14(18)13(17)10-7-9(2)8-11(12(10)16)15(3,4)5/h7-8,16H,6H2,1-5H3. The maximum absolute atomic E-state index is 12.0. The van der Waals surface area contributed by atoms with Gasteiger partial charge >= 0.3 is 5.97 Å². The number of aryl methyl sites for hydroxylation is 1. The van der Waals surface area contributed by atoms with E-state index in [1.807, 2.05) is 33.8 Å². The molecule has 4 nitrogen and oxygen atoms in total. The molecule has 0 heterocycles. The van der Waals surface area contributed by atoms with Crippen molar-refractivity contribution in [2.75, 3.05) is 6.61 Å². The average Bonchev–Trinajstić information content (AvgIpc) is 2.29. The molecule has 0 fully saturated rings. The molecule has 0 amide bonds. The van der Waals surface area contributed by atoms with Gasteiger partial charge < -0.3 is 9.84 Å². The maximum atomic E-state index is 12.0. The molecule has 0 aliphatic carbocycles. The van der Waals surface area contributed by atoms with Gasteiger partial charge in [-0.2, -0.15) is 0 Å². The summed E-state index contributed by atoms with van der Waals surface area (Å²) in [6.45, 7) is 9.36. The molecular weight excluding hydrogens is 244 g/mol. The van der Waals surface area contributed by atoms with Crippen molar-refractivity contribution in [1.82, 2.24) is 0 Å². The number of carbonyl (C=O) groups excluding carboxylic acids is 2. The minimum Gasteiger partial charge on any atom is -0.507 e. The molecule has 4 heteroatoms. The summed E-state index contributed by atoms with van der Waals surface area (Å²) in [6.07, 6.45) is 0. The second-order valence-corrected chi connectivity index (χ2v) is 5.51. The number of hydrogen-bond acceptors (Lipinski definition) is 4. The predicted octanol–water partition coefficient (Wildman–Crippen LogP) is 2.74. The number of hydrogen-bond donors (Lipinski definition) is 1. The second-order valence-electron chi connectivity index (χ2n) is 5.51. The third-order valence-electron chi connectivity index (χ3n) is 2.77. The summed E-state index contributed by atoms with van der Waals surface area (Å²) in [5.74, 6) is -1.90. The third kappa shape index (κ3) is 3.34. The fourth-order valence-electron chi connectivity index (χ4n) is 1.83. The molecule has 19 heavy (non-hydrogen) atoms. The van der Waals surface area contributed by atoms with E-state index >= 15 is 0 Å². The minimum absolute atomic E-state index is 0.00313. The summed E-state index contributed by atoms with van der Waals surface area (Å²) in [5, 5.41) is 10.2. The van der Waals surface area contributed by atoms with Gasteiger partial charge in [0, 0.05) is 5.56 Å². The molecule has 1 aromatic carbocycles. The quantitative estimate of drug-likeness (QED) is 0.518. The minimum atomic E-state index is -0.941. The van der Waals surface area contributed by atoms with Crippen molar-refractivity contribution in [1.29, 1.82) is 0 Å². The summed E-state index contributed by atoms with van der Waals surface area (Å²) in [7, 11) is 0. The fraction of sp³-hybridized carbons (Fsp3) is 0.467. The topological polar surface area (TPSA) is 63.6 Å². The van der Waals surface area contributed by atoms with Crippen LogP contribution >= 0.6 is 0 Å². The summed E-state index contributed by atoms with van der Waals surface area (Å²) in [5.41, 5.74) is 1.14. The van der Waals surface area contributed by atoms with Crippen molar-refractivity contribution in [2.45, 2.75) is 40.0 Å². The molecule has 0 spiro atoms. The van der Waals surface area contributed by atoms with Gasteiger partial charge in [0.25, 0.3) is 5.78 Å². The average molecular weight is 264 g/mol. The smallest absolute Gasteiger partial charge is 0.379 e. The first-order valence-electron chi connectivity index (χ1n) is 6.24. The number of phenolic OH excluding ortho intramolecular Hbond substituents is 1. The van der Waals surface area contributed by atoms with Gasteiger partial charge in [-0.1, -0.05) is 26.8 Å². The van der Waals surface area contributed by atoms with Gasteiger partial charge in [0.2, 0.25) is 0 Å². The number of ether oxygens (including phenoxy) is 1. The highest BCUT2D eigenvalue weighted by Gasteiger charge is 2.27. The Hall–Kier alpha value is -1.84. The molecule has 0 radical (unpaired) electrons. The lowest BCUT2D eigenvalue weighted by molar-refractivity contribution is -0.137. The molecule has 1 N–H and O–H groups in total. The zero-order valence-corrected chi connectivity index (χ0v) is 12.0. The maximum Gasteiger partial charge on any atom is 0.379 e. The van der Waals surface area contributed by atoms with Crippen molar-refractivity contribution < 1.29 is 19.4 Å². The molecule has 0 bridgehead atoms. The molecule has 104 valence electrons. The lowest BCUT2D eigenvalue weighted by atomic mass is 9.83. The Morgan fingerprint density at radius 2 is 1.84 bits per heavy atom. The number of aromatic hydroxyl groups is 1. The number of rotatable bonds is 3. The van der Waals surface area contributed by atoms with Gasteiger partial charge in [-0.25, -0.2) is 4.79 Å². The number of ketones is 1. The molecule has 1 rings (SSSR count). The predicted molar refractivity (Wildman–Crippen MR) is 72.5 cm³/mol. The first-order valence-corrected chi connectivity index (χ1v) is 6.24. The Bertz CT molecular complexity index is 510. The fourth-order valence-corrected chi connectivity index (χ4v) is 1.83. The summed E-state index contributed by atoms with van der Waals surface area (Å²) < 4.78 is 4.68. The molecule has 0 atom stereocenters. The molecule has 0 aliphatic heterocycles. The van der Waals surface area contributed by atoms with Crippen LogP contribution in [0.3, 0.4) is 0 Å². The summed E-state index contributed by atoms with van der Waals surface area (Å²) in [4.78, 5) is 23.4. The highest BCUT2D eigenvalue weighted by Crippen LogP contribution is 2.34. The van der Waals surface area contributed by atoms with E-state index in [1.165, 1.54) is 6.07 Å². The summed E-state index contributed by atoms with van der Waals surface area (Å²) >= 11 is 0. The van der Waals surface area contributed by atoms with Crippen molar-refractivity contribution >= 4 is 11.8 Å². The van der Waals surface area contributed by atoms with E-state index in [-0.39, 0.29) is 23.3 Å². The summed E-state index contributed by atoms with van der Waals surface area (Å²) in [6, 6.07) is 3.32. The molecule has 0 aliphatic rings. The van der Waals surface area contributed by atoms with Gasteiger partial charge in [-0.15, -0.1) is 0 Å². The Labute approximate surface area is 113 Å². The SMILES string of the molecule is CCOC(=O)C(=O)c1cc(C)cc(C(C)(C)C)c1O. The van der Waals surface area contributed by atoms with Crippen LogP contribution in [-0.2, 0) is 14.9 Å². The van der Waals surface area contributed by atoms with Crippen molar-refractivity contribution in [3.63, 3.8) is 0 Å². The van der Waals surface area contributed by atoms with Crippen LogP contribution in [0.1, 0.15) is 49.2 Å². The van der Waals surface area contributed by atoms with Gasteiger partial charge in [-0.05, 0) is 30.9 Å². The van der Waals surface area contributed by atoms with E-state index in [2.05, 4.69) is 4.74 Å². The van der Waals surface area contributed by atoms with E-state index in [4.69, 9.17) is 0 Å². The van der Waals surface area contributed by atoms with E-state index < -0.39 is 11.8 Å². The van der Waals surface area contributed by atoms with Gasteiger partial charge in [0.15, 0.2) is 0 Å². The van der Waals surface area contributed by atoms with Crippen LogP contribution in [0, 0.1) is 6.92 Å². The van der Waals surface area contributed by atoms with E-state index in [0.29, 0.717) is 5.56 Å². The second kappa shape index (κ2) is 5.43. The number of phenols is 1. The Morgan fingerprint density at radius 1 is 1.26 bits per heavy atom. The molecule has 1 aromatic rings. The highest BCUT2D eigenvalue weighted by atomic mass is 16.5. The highest BCUT2D eigenvalue weighted by molar-refractivity contribution is 6.41. The lowest BCUT2D eigenvalue weighted by Crippen LogP contribution is -2.20. The van der Waals surface area contributed by atoms with Crippen LogP contribution in [0.5, 0.6) is 5.75 Å². The number of benzene rings is 1. The zero-order chi connectivity index (χ0) is 14.8. The normalized spacial score (nSPS) is 11.2. The van der Waals surface area contributed by atoms with E-state index in [9.17, 15) is 14.7 Å². The Balaban J connectivity index is 3.34. The Morgan fingerprint density at radius 3 is 2.32 bits per heavy atom. The Kier molecular flexibility index (Phi) is 4.35. The van der Waals surface area contributed by atoms with Crippen LogP contribution in [0.2, 0.25) is 0 Å². The largest absolute Gasteiger partial charge is 0.507 e. The zero-order valence-electron chi connectivity index (χ0n) is 12.0. The van der Waals surface area contributed by atoms with Gasteiger partial charge in [-0.3, -0.25) is 4.79 Å². The van der Waals surface area contributed by atoms with Crippen LogP contribution in [0.15, 0.2) is 12.1 Å². The van der Waals surface area contributed by atoms with E-state index in [0.717, 1.165) is 5.56 Å². The molecule has 0 saturated heterocycles. The molecule has 0 saturated carbocycles. The number of Topliss-reactive ketones (excluding diaryl/α,β-unsaturated/α-hetero) is 1. The van der Waals surface area contributed by atoms with Crippen molar-refractivity contribution in [2.24, 2.45) is 0 Å². The third-order valence-corrected chi connectivity index (χ3v) is 2.77.